The fourth-order valence-electron chi connectivity index (χ4n) is 3.84. The van der Waals surface area contributed by atoms with E-state index in [2.05, 4.69) is 35.2 Å². The van der Waals surface area contributed by atoms with E-state index in [9.17, 15) is 4.79 Å². The maximum atomic E-state index is 12.4. The molecule has 1 aromatic heterocycles. The fourth-order valence-corrected chi connectivity index (χ4v) is 3.84. The van der Waals surface area contributed by atoms with Gasteiger partial charge in [-0.25, -0.2) is 4.79 Å². The van der Waals surface area contributed by atoms with Crippen molar-refractivity contribution in [2.45, 2.75) is 45.2 Å². The Morgan fingerprint density at radius 2 is 2.38 bits per heavy atom. The smallest absolute Gasteiger partial charge is 0.317 e. The molecule has 1 aromatic rings. The molecule has 1 saturated carbocycles. The van der Waals surface area contributed by atoms with Crippen molar-refractivity contribution in [1.29, 1.82) is 0 Å². The monoisotopic (exact) mass is 330 g/mol. The van der Waals surface area contributed by atoms with Crippen molar-refractivity contribution in [1.82, 2.24) is 20.1 Å². The van der Waals surface area contributed by atoms with E-state index >= 15 is 0 Å². The second-order valence-corrected chi connectivity index (χ2v) is 7.50. The molecule has 3 rings (SSSR count). The van der Waals surface area contributed by atoms with Crippen LogP contribution in [0.15, 0.2) is 24.5 Å². The number of nitrogens with zero attached hydrogens (tertiary/aromatic N) is 3. The van der Waals surface area contributed by atoms with Gasteiger partial charge in [-0.05, 0) is 49.8 Å². The number of likely N-dealkylation sites (tertiary alicyclic amines) is 1. The van der Waals surface area contributed by atoms with Crippen molar-refractivity contribution in [3.05, 3.63) is 30.1 Å². The Kier molecular flexibility index (Phi) is 5.72. The minimum absolute atomic E-state index is 0.149. The molecule has 132 valence electrons. The Morgan fingerprint density at radius 3 is 3.12 bits per heavy atom. The van der Waals surface area contributed by atoms with E-state index in [4.69, 9.17) is 0 Å². The minimum atomic E-state index is 0.149. The second-order valence-electron chi connectivity index (χ2n) is 7.50. The third kappa shape index (κ3) is 4.69. The molecule has 24 heavy (non-hydrogen) atoms. The van der Waals surface area contributed by atoms with E-state index in [1.165, 1.54) is 24.8 Å². The molecule has 1 saturated heterocycles. The topological polar surface area (TPSA) is 48.5 Å². The van der Waals surface area contributed by atoms with Gasteiger partial charge in [-0.3, -0.25) is 4.98 Å². The first-order valence-corrected chi connectivity index (χ1v) is 9.28. The van der Waals surface area contributed by atoms with Crippen LogP contribution in [0.5, 0.6) is 0 Å². The first-order valence-electron chi connectivity index (χ1n) is 9.28. The summed E-state index contributed by atoms with van der Waals surface area (Å²) >= 11 is 0. The second kappa shape index (κ2) is 7.97. The van der Waals surface area contributed by atoms with Crippen molar-refractivity contribution in [3.63, 3.8) is 0 Å². The van der Waals surface area contributed by atoms with Crippen LogP contribution in [0.2, 0.25) is 0 Å². The van der Waals surface area contributed by atoms with Crippen LogP contribution >= 0.6 is 0 Å². The van der Waals surface area contributed by atoms with Crippen LogP contribution in [0, 0.1) is 11.8 Å². The SMILES string of the molecule is CCC[C@@H]1C[C@@H]1NC(=O)N1CC[C@@H](CN(C)Cc2cccnc2)C1. The molecule has 2 fully saturated rings. The summed E-state index contributed by atoms with van der Waals surface area (Å²) in [4.78, 5) is 20.9. The van der Waals surface area contributed by atoms with Crippen molar-refractivity contribution < 1.29 is 4.79 Å². The zero-order valence-corrected chi connectivity index (χ0v) is 14.9. The van der Waals surface area contributed by atoms with E-state index in [1.54, 1.807) is 0 Å². The summed E-state index contributed by atoms with van der Waals surface area (Å²) in [6, 6.07) is 4.68. The number of carbonyl (C=O) groups excluding carboxylic acids is 1. The van der Waals surface area contributed by atoms with Gasteiger partial charge in [0.2, 0.25) is 0 Å². The molecule has 3 atom stereocenters. The molecule has 0 spiro atoms. The molecule has 1 aliphatic heterocycles. The van der Waals surface area contributed by atoms with Crippen LogP contribution in [0.25, 0.3) is 0 Å². The van der Waals surface area contributed by atoms with Gasteiger partial charge < -0.3 is 15.1 Å². The molecule has 1 aliphatic carbocycles. The van der Waals surface area contributed by atoms with Gasteiger partial charge in [-0.15, -0.1) is 0 Å². The fraction of sp³-hybridized carbons (Fsp3) is 0.684. The summed E-state index contributed by atoms with van der Waals surface area (Å²) in [6.07, 6.45) is 8.46. The summed E-state index contributed by atoms with van der Waals surface area (Å²) in [5.74, 6) is 1.30. The highest BCUT2D eigenvalue weighted by Gasteiger charge is 2.38. The number of hydrogen-bond donors (Lipinski definition) is 1. The lowest BCUT2D eigenvalue weighted by Crippen LogP contribution is -2.40. The van der Waals surface area contributed by atoms with Crippen molar-refractivity contribution in [3.8, 4) is 0 Å². The Morgan fingerprint density at radius 1 is 1.50 bits per heavy atom. The van der Waals surface area contributed by atoms with E-state index in [0.29, 0.717) is 12.0 Å². The summed E-state index contributed by atoms with van der Waals surface area (Å²) in [5.41, 5.74) is 1.24. The van der Waals surface area contributed by atoms with Gasteiger partial charge in [-0.1, -0.05) is 19.4 Å². The molecular formula is C19H30N4O. The summed E-state index contributed by atoms with van der Waals surface area (Å²) in [5, 5.41) is 3.21. The molecule has 0 bridgehead atoms. The lowest BCUT2D eigenvalue weighted by Gasteiger charge is -2.22. The van der Waals surface area contributed by atoms with Crippen molar-refractivity contribution in [2.75, 3.05) is 26.7 Å². The van der Waals surface area contributed by atoms with Gasteiger partial charge in [0.25, 0.3) is 0 Å². The van der Waals surface area contributed by atoms with Crippen LogP contribution in [0.3, 0.4) is 0 Å². The summed E-state index contributed by atoms with van der Waals surface area (Å²) in [6.45, 7) is 5.93. The zero-order chi connectivity index (χ0) is 16.9. The maximum absolute atomic E-state index is 12.4. The largest absolute Gasteiger partial charge is 0.335 e. The molecule has 0 aromatic carbocycles. The summed E-state index contributed by atoms with van der Waals surface area (Å²) < 4.78 is 0. The third-order valence-corrected chi connectivity index (χ3v) is 5.21. The average molecular weight is 330 g/mol. The first-order chi connectivity index (χ1) is 11.7. The predicted octanol–water partition coefficient (Wildman–Crippen LogP) is 2.73. The molecule has 2 aliphatic rings. The van der Waals surface area contributed by atoms with Crippen LogP contribution in [-0.4, -0.2) is 53.5 Å². The molecule has 0 radical (unpaired) electrons. The predicted molar refractivity (Wildman–Crippen MR) is 95.6 cm³/mol. The van der Waals surface area contributed by atoms with Crippen molar-refractivity contribution >= 4 is 6.03 Å². The van der Waals surface area contributed by atoms with E-state index in [0.717, 1.165) is 38.5 Å². The number of urea groups is 1. The molecule has 0 unspecified atom stereocenters. The number of hydrogen-bond acceptors (Lipinski definition) is 3. The number of carbonyl (C=O) groups is 1. The van der Waals surface area contributed by atoms with Gasteiger partial charge >= 0.3 is 6.03 Å². The number of aromatic nitrogens is 1. The Bertz CT molecular complexity index is 535. The lowest BCUT2D eigenvalue weighted by atomic mass is 10.1. The molecule has 2 amide bonds. The minimum Gasteiger partial charge on any atom is -0.335 e. The Labute approximate surface area is 145 Å². The van der Waals surface area contributed by atoms with E-state index < -0.39 is 0 Å². The zero-order valence-electron chi connectivity index (χ0n) is 14.9. The molecule has 1 N–H and O–H groups in total. The Balaban J connectivity index is 1.38. The molecule has 2 heterocycles. The standard InChI is InChI=1S/C19H30N4O/c1-3-5-17-10-18(17)21-19(24)23-9-7-16(14-23)13-22(2)12-15-6-4-8-20-11-15/h4,6,8,11,16-18H,3,5,7,9-10,12-14H2,1-2H3,(H,21,24)/t16-,17+,18-/m0/s1. The normalized spacial score (nSPS) is 26.0. The molecular weight excluding hydrogens is 300 g/mol. The van der Waals surface area contributed by atoms with Crippen LogP contribution in [0.4, 0.5) is 4.79 Å². The Hall–Kier alpha value is -1.62. The molecule has 5 heteroatoms. The summed E-state index contributed by atoms with van der Waals surface area (Å²) in [7, 11) is 2.15. The highest BCUT2D eigenvalue weighted by Crippen LogP contribution is 2.34. The van der Waals surface area contributed by atoms with Gasteiger partial charge in [0.05, 0.1) is 0 Å². The third-order valence-electron chi connectivity index (χ3n) is 5.21. The van der Waals surface area contributed by atoms with Gasteiger partial charge in [0.1, 0.15) is 0 Å². The van der Waals surface area contributed by atoms with E-state index in [-0.39, 0.29) is 6.03 Å². The van der Waals surface area contributed by atoms with Crippen molar-refractivity contribution in [2.24, 2.45) is 11.8 Å². The average Bonchev–Trinajstić information content (AvgIpc) is 3.11. The van der Waals surface area contributed by atoms with Gasteiger partial charge in [0, 0.05) is 44.6 Å². The number of pyridine rings is 1. The van der Waals surface area contributed by atoms with Crippen LogP contribution < -0.4 is 5.32 Å². The maximum Gasteiger partial charge on any atom is 0.317 e. The van der Waals surface area contributed by atoms with Gasteiger partial charge in [0.15, 0.2) is 0 Å². The number of nitrogens with one attached hydrogen (secondary N) is 1. The first kappa shape index (κ1) is 17.2. The highest BCUT2D eigenvalue weighted by atomic mass is 16.2. The van der Waals surface area contributed by atoms with Crippen LogP contribution in [0.1, 0.15) is 38.2 Å². The molecule has 5 nitrogen and oxygen atoms in total. The number of rotatable bonds is 7. The van der Waals surface area contributed by atoms with Crippen LogP contribution in [-0.2, 0) is 6.54 Å². The lowest BCUT2D eigenvalue weighted by molar-refractivity contribution is 0.202. The highest BCUT2D eigenvalue weighted by molar-refractivity contribution is 5.75. The number of amides is 2. The quantitative estimate of drug-likeness (QED) is 0.836. The van der Waals surface area contributed by atoms with E-state index in [1.807, 2.05) is 23.4 Å². The van der Waals surface area contributed by atoms with Gasteiger partial charge in [-0.2, -0.15) is 0 Å².